The van der Waals surface area contributed by atoms with Crippen LogP contribution in [0.15, 0.2) is 30.3 Å². The van der Waals surface area contributed by atoms with Crippen molar-refractivity contribution < 1.29 is 14.3 Å². The van der Waals surface area contributed by atoms with Crippen LogP contribution in [0.4, 0.5) is 0 Å². The molecule has 2 aliphatic heterocycles. The Morgan fingerprint density at radius 1 is 1.29 bits per heavy atom. The number of hydrogen-bond acceptors (Lipinski definition) is 4. The Morgan fingerprint density at radius 2 is 2.12 bits per heavy atom. The normalized spacial score (nSPS) is 19.7. The van der Waals surface area contributed by atoms with Crippen LogP contribution >= 0.6 is 0 Å². The molecule has 6 nitrogen and oxygen atoms in total. The zero-order chi connectivity index (χ0) is 16.5. The van der Waals surface area contributed by atoms with Crippen LogP contribution < -0.4 is 9.47 Å². The fourth-order valence-electron chi connectivity index (χ4n) is 3.43. The number of hydrogen-bond donors (Lipinski definition) is 0. The summed E-state index contributed by atoms with van der Waals surface area (Å²) in [6, 6.07) is 9.88. The van der Waals surface area contributed by atoms with E-state index in [1.807, 2.05) is 17.0 Å². The number of benzene rings is 1. The van der Waals surface area contributed by atoms with Gasteiger partial charge in [0, 0.05) is 38.0 Å². The Morgan fingerprint density at radius 3 is 2.88 bits per heavy atom. The van der Waals surface area contributed by atoms with Crippen molar-refractivity contribution >= 4 is 5.91 Å². The van der Waals surface area contributed by atoms with Gasteiger partial charge in [-0.25, -0.2) is 4.68 Å². The van der Waals surface area contributed by atoms with Crippen LogP contribution in [-0.4, -0.2) is 47.4 Å². The summed E-state index contributed by atoms with van der Waals surface area (Å²) in [5.41, 5.74) is 1.74. The van der Waals surface area contributed by atoms with Gasteiger partial charge in [0.25, 0.3) is 5.91 Å². The molecule has 0 radical (unpaired) electrons. The van der Waals surface area contributed by atoms with Gasteiger partial charge in [-0.05, 0) is 24.1 Å². The topological polar surface area (TPSA) is 56.6 Å². The maximum absolute atomic E-state index is 12.7. The zero-order valence-corrected chi connectivity index (χ0v) is 13.8. The molecule has 6 heteroatoms. The largest absolute Gasteiger partial charge is 0.497 e. The number of nitrogens with zero attached hydrogens (tertiary/aromatic N) is 3. The van der Waals surface area contributed by atoms with Crippen LogP contribution in [0.25, 0.3) is 0 Å². The highest BCUT2D eigenvalue weighted by molar-refractivity contribution is 5.92. The molecule has 126 valence electrons. The minimum Gasteiger partial charge on any atom is -0.497 e. The Hall–Kier alpha value is -2.50. The van der Waals surface area contributed by atoms with Gasteiger partial charge in [-0.3, -0.25) is 4.79 Å². The lowest BCUT2D eigenvalue weighted by Crippen LogP contribution is -2.29. The Kier molecular flexibility index (Phi) is 3.88. The van der Waals surface area contributed by atoms with E-state index in [0.29, 0.717) is 24.1 Å². The molecule has 4 rings (SSSR count). The first-order chi connectivity index (χ1) is 11.7. The number of likely N-dealkylation sites (tertiary alicyclic amines) is 1. The summed E-state index contributed by atoms with van der Waals surface area (Å²) in [6.45, 7) is 3.01. The van der Waals surface area contributed by atoms with Gasteiger partial charge in [-0.1, -0.05) is 12.1 Å². The predicted octanol–water partition coefficient (Wildman–Crippen LogP) is 2.30. The Labute approximate surface area is 141 Å². The van der Waals surface area contributed by atoms with E-state index in [-0.39, 0.29) is 5.91 Å². The van der Waals surface area contributed by atoms with Crippen molar-refractivity contribution in [3.05, 3.63) is 41.6 Å². The van der Waals surface area contributed by atoms with Crippen molar-refractivity contribution in [3.63, 3.8) is 0 Å². The highest BCUT2D eigenvalue weighted by atomic mass is 16.5. The summed E-state index contributed by atoms with van der Waals surface area (Å²) in [5, 5.41) is 4.40. The second kappa shape index (κ2) is 6.19. The number of aromatic nitrogens is 2. The van der Waals surface area contributed by atoms with E-state index < -0.39 is 0 Å². The molecule has 1 amide bonds. The molecule has 0 bridgehead atoms. The molecule has 1 saturated heterocycles. The molecule has 2 aliphatic rings. The van der Waals surface area contributed by atoms with Crippen molar-refractivity contribution in [2.75, 3.05) is 26.8 Å². The monoisotopic (exact) mass is 327 g/mol. The van der Waals surface area contributed by atoms with Gasteiger partial charge >= 0.3 is 0 Å². The standard InChI is InChI=1S/C18H21N3O3/c1-23-15-5-3-13(4-6-15)14-7-9-20(12-14)18(22)16-11-17-21(19-16)8-2-10-24-17/h3-6,11,14H,2,7-10,12H2,1H3. The Balaban J connectivity index is 1.45. The molecule has 1 aromatic carbocycles. The third kappa shape index (κ3) is 2.72. The second-order valence-electron chi connectivity index (χ2n) is 6.30. The fourth-order valence-corrected chi connectivity index (χ4v) is 3.43. The first-order valence-electron chi connectivity index (χ1n) is 8.38. The zero-order valence-electron chi connectivity index (χ0n) is 13.8. The number of rotatable bonds is 3. The van der Waals surface area contributed by atoms with Crippen LogP contribution in [0.2, 0.25) is 0 Å². The average Bonchev–Trinajstić information content (AvgIpc) is 3.28. The van der Waals surface area contributed by atoms with Crippen LogP contribution in [0.1, 0.15) is 34.8 Å². The molecule has 0 aliphatic carbocycles. The summed E-state index contributed by atoms with van der Waals surface area (Å²) < 4.78 is 12.5. The van der Waals surface area contributed by atoms with E-state index in [1.54, 1.807) is 17.9 Å². The number of ether oxygens (including phenoxy) is 2. The molecular weight excluding hydrogens is 306 g/mol. The number of carbonyl (C=O) groups is 1. The maximum atomic E-state index is 12.7. The van der Waals surface area contributed by atoms with Gasteiger partial charge in [-0.2, -0.15) is 5.10 Å². The van der Waals surface area contributed by atoms with E-state index in [1.165, 1.54) is 5.56 Å². The SMILES string of the molecule is COc1ccc(C2CCN(C(=O)c3cc4n(n3)CCCO4)C2)cc1. The van der Waals surface area contributed by atoms with Gasteiger partial charge in [0.15, 0.2) is 5.69 Å². The first-order valence-corrected chi connectivity index (χ1v) is 8.38. The highest BCUT2D eigenvalue weighted by Gasteiger charge is 2.30. The Bertz CT molecular complexity index is 715. The molecule has 0 saturated carbocycles. The molecule has 2 aromatic rings. The number of methoxy groups -OCH3 is 1. The van der Waals surface area contributed by atoms with E-state index in [0.717, 1.165) is 38.2 Å². The van der Waals surface area contributed by atoms with Crippen molar-refractivity contribution in [2.45, 2.75) is 25.3 Å². The number of aryl methyl sites for hydroxylation is 1. The van der Waals surface area contributed by atoms with Crippen molar-refractivity contribution in [2.24, 2.45) is 0 Å². The van der Waals surface area contributed by atoms with Gasteiger partial charge in [0.2, 0.25) is 5.88 Å². The minimum atomic E-state index is -0.00323. The first kappa shape index (κ1) is 15.1. The lowest BCUT2D eigenvalue weighted by atomic mass is 9.98. The molecule has 24 heavy (non-hydrogen) atoms. The third-order valence-electron chi connectivity index (χ3n) is 4.79. The molecule has 1 atom stereocenters. The molecule has 1 aromatic heterocycles. The van der Waals surface area contributed by atoms with Crippen molar-refractivity contribution in [1.82, 2.24) is 14.7 Å². The van der Waals surface area contributed by atoms with Gasteiger partial charge < -0.3 is 14.4 Å². The summed E-state index contributed by atoms with van der Waals surface area (Å²) >= 11 is 0. The third-order valence-corrected chi connectivity index (χ3v) is 4.79. The highest BCUT2D eigenvalue weighted by Crippen LogP contribution is 2.30. The predicted molar refractivity (Wildman–Crippen MR) is 88.6 cm³/mol. The number of fused-ring (bicyclic) bond motifs is 1. The van der Waals surface area contributed by atoms with Gasteiger partial charge in [0.05, 0.1) is 13.7 Å². The van der Waals surface area contributed by atoms with Crippen LogP contribution in [0, 0.1) is 0 Å². The summed E-state index contributed by atoms with van der Waals surface area (Å²) in [4.78, 5) is 14.6. The molecule has 1 fully saturated rings. The quantitative estimate of drug-likeness (QED) is 0.868. The van der Waals surface area contributed by atoms with E-state index in [2.05, 4.69) is 17.2 Å². The molecule has 0 spiro atoms. The van der Waals surface area contributed by atoms with Crippen LogP contribution in [0.5, 0.6) is 11.6 Å². The van der Waals surface area contributed by atoms with Crippen molar-refractivity contribution in [3.8, 4) is 11.6 Å². The fraction of sp³-hybridized carbons (Fsp3) is 0.444. The molecule has 0 N–H and O–H groups in total. The maximum Gasteiger partial charge on any atom is 0.274 e. The number of carbonyl (C=O) groups excluding carboxylic acids is 1. The summed E-state index contributed by atoms with van der Waals surface area (Å²) in [6.07, 6.45) is 1.91. The van der Waals surface area contributed by atoms with Crippen LogP contribution in [0.3, 0.4) is 0 Å². The van der Waals surface area contributed by atoms with Crippen molar-refractivity contribution in [1.29, 1.82) is 0 Å². The summed E-state index contributed by atoms with van der Waals surface area (Å²) in [5.74, 6) is 1.92. The lowest BCUT2D eigenvalue weighted by Gasteiger charge is -2.15. The molecular formula is C18H21N3O3. The smallest absolute Gasteiger partial charge is 0.274 e. The van der Waals surface area contributed by atoms with E-state index >= 15 is 0 Å². The minimum absolute atomic E-state index is 0.00323. The van der Waals surface area contributed by atoms with E-state index in [9.17, 15) is 4.79 Å². The number of amides is 1. The van der Waals surface area contributed by atoms with Crippen LogP contribution in [-0.2, 0) is 6.54 Å². The molecule has 3 heterocycles. The lowest BCUT2D eigenvalue weighted by molar-refractivity contribution is 0.0784. The summed E-state index contributed by atoms with van der Waals surface area (Å²) in [7, 11) is 1.67. The average molecular weight is 327 g/mol. The van der Waals surface area contributed by atoms with Gasteiger partial charge in [-0.15, -0.1) is 0 Å². The molecule has 1 unspecified atom stereocenters. The van der Waals surface area contributed by atoms with E-state index in [4.69, 9.17) is 9.47 Å². The van der Waals surface area contributed by atoms with Gasteiger partial charge in [0.1, 0.15) is 5.75 Å². The second-order valence-corrected chi connectivity index (χ2v) is 6.30.